The molecule has 0 atom stereocenters. The van der Waals surface area contributed by atoms with E-state index in [-0.39, 0.29) is 17.2 Å². The van der Waals surface area contributed by atoms with Gasteiger partial charge in [-0.3, -0.25) is 0 Å². The molecule has 0 heterocycles. The predicted octanol–water partition coefficient (Wildman–Crippen LogP) is 10.3. The van der Waals surface area contributed by atoms with Crippen molar-refractivity contribution < 1.29 is 39.5 Å². The van der Waals surface area contributed by atoms with Gasteiger partial charge >= 0.3 is 0 Å². The third-order valence-corrected chi connectivity index (χ3v) is 6.53. The van der Waals surface area contributed by atoms with Crippen molar-refractivity contribution in [2.24, 2.45) is 0 Å². The SMILES string of the molecule is Fc1cc(F)cc(-c2c(Cl)c(-c3cc(F)c(F)cc3F)cc(-c3ccc(F)cc3F)c2-c2cc(F)ccc2F)c1. The first-order valence-electron chi connectivity index (χ1n) is 11.3. The molecule has 10 heteroatoms. The van der Waals surface area contributed by atoms with E-state index in [1.54, 1.807) is 0 Å². The highest BCUT2D eigenvalue weighted by Gasteiger charge is 2.27. The van der Waals surface area contributed by atoms with E-state index in [9.17, 15) is 30.7 Å². The zero-order chi connectivity index (χ0) is 28.9. The Morgan fingerprint density at radius 3 is 1.62 bits per heavy atom. The van der Waals surface area contributed by atoms with Gasteiger partial charge in [0.15, 0.2) is 11.6 Å². The normalized spacial score (nSPS) is 11.2. The van der Waals surface area contributed by atoms with Crippen molar-refractivity contribution in [2.75, 3.05) is 0 Å². The summed E-state index contributed by atoms with van der Waals surface area (Å²) in [6, 6.07) is 8.23. The Labute approximate surface area is 225 Å². The van der Waals surface area contributed by atoms with Crippen LogP contribution in [0.4, 0.5) is 39.5 Å². The smallest absolute Gasteiger partial charge is 0.161 e. The first kappa shape index (κ1) is 27.3. The van der Waals surface area contributed by atoms with E-state index >= 15 is 8.78 Å². The standard InChI is InChI=1S/C30H12ClF9/c31-30-21(19-11-26(39)27(40)12-25(19)38)10-20(18-3-1-15(33)9-24(18)37)29(22-8-14(32)2-4-23(22)36)28(30)13-5-16(34)7-17(35)6-13/h1-12H. The van der Waals surface area contributed by atoms with Gasteiger partial charge in [0.05, 0.1) is 5.02 Å². The quantitative estimate of drug-likeness (QED) is 0.147. The summed E-state index contributed by atoms with van der Waals surface area (Å²) in [5.41, 5.74) is -3.58. The van der Waals surface area contributed by atoms with E-state index in [1.165, 1.54) is 0 Å². The molecule has 0 radical (unpaired) electrons. The van der Waals surface area contributed by atoms with Crippen molar-refractivity contribution >= 4 is 11.6 Å². The lowest BCUT2D eigenvalue weighted by Gasteiger charge is -2.22. The molecule has 0 saturated heterocycles. The van der Waals surface area contributed by atoms with Crippen LogP contribution in [0.15, 0.2) is 72.8 Å². The maximum atomic E-state index is 15.2. The molecule has 0 fully saturated rings. The molecule has 40 heavy (non-hydrogen) atoms. The first-order chi connectivity index (χ1) is 18.9. The summed E-state index contributed by atoms with van der Waals surface area (Å²) in [7, 11) is 0. The molecule has 5 aromatic carbocycles. The minimum atomic E-state index is -1.53. The van der Waals surface area contributed by atoms with Gasteiger partial charge in [0, 0.05) is 51.6 Å². The van der Waals surface area contributed by atoms with Crippen LogP contribution in [0, 0.1) is 52.4 Å². The van der Waals surface area contributed by atoms with Gasteiger partial charge in [-0.1, -0.05) is 11.6 Å². The van der Waals surface area contributed by atoms with E-state index in [0.29, 0.717) is 24.3 Å². The minimum absolute atomic E-state index is 0.223. The molecule has 0 N–H and O–H groups in total. The van der Waals surface area contributed by atoms with Crippen molar-refractivity contribution in [3.63, 3.8) is 0 Å². The van der Waals surface area contributed by atoms with Gasteiger partial charge in [-0.15, -0.1) is 0 Å². The Balaban J connectivity index is 2.04. The predicted molar refractivity (Wildman–Crippen MR) is 133 cm³/mol. The van der Waals surface area contributed by atoms with Gasteiger partial charge in [-0.2, -0.15) is 0 Å². The average molecular weight is 579 g/mol. The molecule has 0 aromatic heterocycles. The highest BCUT2D eigenvalue weighted by molar-refractivity contribution is 6.37. The van der Waals surface area contributed by atoms with Crippen molar-refractivity contribution in [3.05, 3.63) is 130 Å². The second kappa shape index (κ2) is 10.4. The summed E-state index contributed by atoms with van der Waals surface area (Å²) in [6.45, 7) is 0. The van der Waals surface area contributed by atoms with Gasteiger partial charge in [0.2, 0.25) is 0 Å². The van der Waals surface area contributed by atoms with E-state index < -0.39 is 90.8 Å². The number of hydrogen-bond acceptors (Lipinski definition) is 0. The lowest BCUT2D eigenvalue weighted by molar-refractivity contribution is 0.496. The molecule has 0 amide bonds. The van der Waals surface area contributed by atoms with E-state index in [4.69, 9.17) is 11.6 Å². The molecule has 5 aromatic rings. The summed E-state index contributed by atoms with van der Waals surface area (Å²) >= 11 is 6.62. The molecular weight excluding hydrogens is 567 g/mol. The van der Waals surface area contributed by atoms with Crippen LogP contribution < -0.4 is 0 Å². The molecule has 0 bridgehead atoms. The maximum Gasteiger partial charge on any atom is 0.161 e. The monoisotopic (exact) mass is 578 g/mol. The molecule has 5 rings (SSSR count). The third kappa shape index (κ3) is 4.93. The third-order valence-electron chi connectivity index (χ3n) is 6.13. The lowest BCUT2D eigenvalue weighted by Crippen LogP contribution is -2.01. The second-order valence-corrected chi connectivity index (χ2v) is 9.07. The van der Waals surface area contributed by atoms with Gasteiger partial charge < -0.3 is 0 Å². The highest BCUT2D eigenvalue weighted by atomic mass is 35.5. The van der Waals surface area contributed by atoms with E-state index in [1.807, 2.05) is 0 Å². The zero-order valence-electron chi connectivity index (χ0n) is 19.7. The molecule has 202 valence electrons. The van der Waals surface area contributed by atoms with Crippen LogP contribution >= 0.6 is 11.6 Å². The van der Waals surface area contributed by atoms with Crippen LogP contribution in [0.1, 0.15) is 0 Å². The summed E-state index contributed by atoms with van der Waals surface area (Å²) in [5.74, 6) is -10.8. The van der Waals surface area contributed by atoms with Gasteiger partial charge in [-0.25, -0.2) is 39.5 Å². The maximum absolute atomic E-state index is 15.2. The van der Waals surface area contributed by atoms with Crippen molar-refractivity contribution in [1.29, 1.82) is 0 Å². The average Bonchev–Trinajstić information content (AvgIpc) is 2.87. The molecule has 0 saturated carbocycles. The fraction of sp³-hybridized carbons (Fsp3) is 0. The first-order valence-corrected chi connectivity index (χ1v) is 11.7. The van der Waals surface area contributed by atoms with E-state index in [2.05, 4.69) is 0 Å². The fourth-order valence-corrected chi connectivity index (χ4v) is 4.80. The topological polar surface area (TPSA) is 0 Å². The zero-order valence-corrected chi connectivity index (χ0v) is 20.5. The van der Waals surface area contributed by atoms with Gasteiger partial charge in [0.1, 0.15) is 40.7 Å². The molecular formula is C30H12ClF9. The molecule has 0 aliphatic rings. The van der Waals surface area contributed by atoms with Crippen molar-refractivity contribution in [1.82, 2.24) is 0 Å². The Kier molecular flexibility index (Phi) is 7.10. The fourth-order valence-electron chi connectivity index (χ4n) is 4.44. The van der Waals surface area contributed by atoms with Gasteiger partial charge in [0.25, 0.3) is 0 Å². The minimum Gasteiger partial charge on any atom is -0.207 e. The summed E-state index contributed by atoms with van der Waals surface area (Å²) in [4.78, 5) is 0. The van der Waals surface area contributed by atoms with Crippen molar-refractivity contribution in [3.8, 4) is 44.5 Å². The molecule has 0 nitrogen and oxygen atoms in total. The molecule has 0 spiro atoms. The Morgan fingerprint density at radius 2 is 0.950 bits per heavy atom. The van der Waals surface area contributed by atoms with Gasteiger partial charge in [-0.05, 0) is 65.7 Å². The molecule has 0 aliphatic heterocycles. The van der Waals surface area contributed by atoms with Crippen molar-refractivity contribution in [2.45, 2.75) is 0 Å². The van der Waals surface area contributed by atoms with Crippen LogP contribution in [-0.2, 0) is 0 Å². The number of rotatable bonds is 4. The lowest BCUT2D eigenvalue weighted by atomic mass is 9.84. The summed E-state index contributed by atoms with van der Waals surface area (Å²) in [6.07, 6.45) is 0. The van der Waals surface area contributed by atoms with Crippen LogP contribution in [0.25, 0.3) is 44.5 Å². The second-order valence-electron chi connectivity index (χ2n) is 8.69. The Morgan fingerprint density at radius 1 is 0.350 bits per heavy atom. The number of hydrogen-bond donors (Lipinski definition) is 0. The number of halogens is 10. The van der Waals surface area contributed by atoms with E-state index in [0.717, 1.165) is 42.5 Å². The largest absolute Gasteiger partial charge is 0.207 e. The number of benzene rings is 5. The van der Waals surface area contributed by atoms with Crippen LogP contribution in [0.3, 0.4) is 0 Å². The summed E-state index contributed by atoms with van der Waals surface area (Å²) in [5, 5.41) is -0.542. The molecule has 0 aliphatic carbocycles. The Hall–Kier alpha value is -4.24. The van der Waals surface area contributed by atoms with Crippen LogP contribution in [-0.4, -0.2) is 0 Å². The van der Waals surface area contributed by atoms with Crippen LogP contribution in [0.5, 0.6) is 0 Å². The molecule has 0 unspecified atom stereocenters. The Bertz CT molecular complexity index is 1790. The van der Waals surface area contributed by atoms with Crippen LogP contribution in [0.2, 0.25) is 5.02 Å². The summed E-state index contributed by atoms with van der Waals surface area (Å²) < 4.78 is 130. The highest BCUT2D eigenvalue weighted by Crippen LogP contribution is 2.50.